The van der Waals surface area contributed by atoms with Crippen LogP contribution in [0.2, 0.25) is 0 Å². The Morgan fingerprint density at radius 3 is 2.52 bits per heavy atom. The summed E-state index contributed by atoms with van der Waals surface area (Å²) in [6, 6.07) is 13.1. The molecule has 1 saturated carbocycles. The molecule has 0 spiro atoms. The Kier molecular flexibility index (Phi) is 7.59. The highest BCUT2D eigenvalue weighted by molar-refractivity contribution is 9.10. The third kappa shape index (κ3) is 5.73. The normalized spacial score (nSPS) is 15.4. The summed E-state index contributed by atoms with van der Waals surface area (Å²) < 4.78 is 12.7. The molecular formula is C23H30BrNO2. The Hall–Kier alpha value is -1.52. The van der Waals surface area contributed by atoms with Crippen LogP contribution in [0, 0.1) is 6.92 Å². The molecule has 3 rings (SSSR count). The number of aryl methyl sites for hydroxylation is 1. The molecule has 4 heteroatoms. The standard InChI is InChI=1S/C23H30BrNO2/c1-17-9-7-8-10-19(17)16-27-23-21(24)13-18(14-22(23)26-2)15-25-20-11-5-3-4-6-12-20/h7-10,13-14,20,25H,3-6,11-12,15-16H2,1-2H3. The summed E-state index contributed by atoms with van der Waals surface area (Å²) in [4.78, 5) is 0. The lowest BCUT2D eigenvalue weighted by molar-refractivity contribution is 0.281. The maximum Gasteiger partial charge on any atom is 0.175 e. The SMILES string of the molecule is COc1cc(CNC2CCCCCC2)cc(Br)c1OCc1ccccc1C. The van der Waals surface area contributed by atoms with Crippen molar-refractivity contribution in [1.82, 2.24) is 5.32 Å². The van der Waals surface area contributed by atoms with Crippen molar-refractivity contribution in [3.05, 3.63) is 57.6 Å². The number of rotatable bonds is 7. The quantitative estimate of drug-likeness (QED) is 0.532. The zero-order valence-electron chi connectivity index (χ0n) is 16.4. The molecule has 0 saturated heterocycles. The molecule has 0 aliphatic heterocycles. The van der Waals surface area contributed by atoms with Crippen LogP contribution < -0.4 is 14.8 Å². The minimum absolute atomic E-state index is 0.529. The highest BCUT2D eigenvalue weighted by Gasteiger charge is 2.15. The maximum absolute atomic E-state index is 6.10. The fourth-order valence-corrected chi connectivity index (χ4v) is 4.29. The molecule has 1 aliphatic rings. The number of methoxy groups -OCH3 is 1. The molecular weight excluding hydrogens is 402 g/mol. The van der Waals surface area contributed by atoms with Crippen LogP contribution in [-0.2, 0) is 13.2 Å². The van der Waals surface area contributed by atoms with Crippen molar-refractivity contribution in [2.75, 3.05) is 7.11 Å². The van der Waals surface area contributed by atoms with Gasteiger partial charge in [-0.05, 0) is 64.5 Å². The van der Waals surface area contributed by atoms with Crippen molar-refractivity contribution in [1.29, 1.82) is 0 Å². The van der Waals surface area contributed by atoms with E-state index in [2.05, 4.69) is 52.4 Å². The monoisotopic (exact) mass is 431 g/mol. The molecule has 0 bridgehead atoms. The molecule has 146 valence electrons. The van der Waals surface area contributed by atoms with Crippen molar-refractivity contribution >= 4 is 15.9 Å². The van der Waals surface area contributed by atoms with Gasteiger partial charge < -0.3 is 14.8 Å². The summed E-state index contributed by atoms with van der Waals surface area (Å²) in [7, 11) is 1.70. The first kappa shape index (κ1) is 20.2. The molecule has 0 heterocycles. The molecule has 1 N–H and O–H groups in total. The summed E-state index contributed by atoms with van der Waals surface area (Å²) in [5, 5.41) is 3.72. The fourth-order valence-electron chi connectivity index (χ4n) is 3.68. The van der Waals surface area contributed by atoms with Gasteiger partial charge in [-0.3, -0.25) is 0 Å². The smallest absolute Gasteiger partial charge is 0.175 e. The second-order valence-corrected chi connectivity index (χ2v) is 8.25. The van der Waals surface area contributed by atoms with Crippen LogP contribution in [0.1, 0.15) is 55.2 Å². The molecule has 0 amide bonds. The minimum atomic E-state index is 0.529. The lowest BCUT2D eigenvalue weighted by atomic mass is 10.1. The van der Waals surface area contributed by atoms with Gasteiger partial charge in [-0.25, -0.2) is 0 Å². The largest absolute Gasteiger partial charge is 0.493 e. The van der Waals surface area contributed by atoms with Gasteiger partial charge in [0.2, 0.25) is 0 Å². The van der Waals surface area contributed by atoms with Crippen LogP contribution >= 0.6 is 15.9 Å². The van der Waals surface area contributed by atoms with Crippen molar-refractivity contribution in [2.45, 2.75) is 64.6 Å². The van der Waals surface area contributed by atoms with E-state index in [1.807, 2.05) is 12.1 Å². The van der Waals surface area contributed by atoms with Gasteiger partial charge in [0, 0.05) is 12.6 Å². The van der Waals surface area contributed by atoms with Crippen LogP contribution in [0.25, 0.3) is 0 Å². The van der Waals surface area contributed by atoms with Crippen LogP contribution in [0.15, 0.2) is 40.9 Å². The number of nitrogens with one attached hydrogen (secondary N) is 1. The van der Waals surface area contributed by atoms with E-state index in [9.17, 15) is 0 Å². The average molecular weight is 432 g/mol. The Balaban J connectivity index is 1.66. The van der Waals surface area contributed by atoms with Crippen LogP contribution in [-0.4, -0.2) is 13.2 Å². The van der Waals surface area contributed by atoms with E-state index in [1.54, 1.807) is 7.11 Å². The molecule has 2 aromatic carbocycles. The topological polar surface area (TPSA) is 30.5 Å². The second kappa shape index (κ2) is 10.1. The summed E-state index contributed by atoms with van der Waals surface area (Å²) in [6.45, 7) is 3.49. The van der Waals surface area contributed by atoms with Crippen molar-refractivity contribution in [3.8, 4) is 11.5 Å². The van der Waals surface area contributed by atoms with E-state index in [0.717, 1.165) is 22.5 Å². The van der Waals surface area contributed by atoms with E-state index in [1.165, 1.54) is 55.2 Å². The molecule has 0 aromatic heterocycles. The number of hydrogen-bond donors (Lipinski definition) is 1. The minimum Gasteiger partial charge on any atom is -0.493 e. The first-order valence-electron chi connectivity index (χ1n) is 9.94. The van der Waals surface area contributed by atoms with E-state index in [4.69, 9.17) is 9.47 Å². The third-order valence-electron chi connectivity index (χ3n) is 5.37. The summed E-state index contributed by atoms with van der Waals surface area (Å²) >= 11 is 3.68. The molecule has 3 nitrogen and oxygen atoms in total. The van der Waals surface area contributed by atoms with E-state index >= 15 is 0 Å². The van der Waals surface area contributed by atoms with Gasteiger partial charge >= 0.3 is 0 Å². The highest BCUT2D eigenvalue weighted by atomic mass is 79.9. The Morgan fingerprint density at radius 2 is 1.81 bits per heavy atom. The third-order valence-corrected chi connectivity index (χ3v) is 5.96. The van der Waals surface area contributed by atoms with Gasteiger partial charge in [-0.1, -0.05) is 49.9 Å². The second-order valence-electron chi connectivity index (χ2n) is 7.39. The van der Waals surface area contributed by atoms with E-state index in [0.29, 0.717) is 12.6 Å². The van der Waals surface area contributed by atoms with Crippen LogP contribution in [0.3, 0.4) is 0 Å². The van der Waals surface area contributed by atoms with Gasteiger partial charge in [-0.15, -0.1) is 0 Å². The van der Waals surface area contributed by atoms with Gasteiger partial charge in [0.1, 0.15) is 6.61 Å². The van der Waals surface area contributed by atoms with Crippen molar-refractivity contribution in [3.63, 3.8) is 0 Å². The predicted molar refractivity (Wildman–Crippen MR) is 115 cm³/mol. The maximum atomic E-state index is 6.10. The lowest BCUT2D eigenvalue weighted by Crippen LogP contribution is -2.27. The molecule has 1 fully saturated rings. The zero-order chi connectivity index (χ0) is 19.1. The fraction of sp³-hybridized carbons (Fsp3) is 0.478. The molecule has 0 radical (unpaired) electrons. The molecule has 0 unspecified atom stereocenters. The summed E-state index contributed by atoms with van der Waals surface area (Å²) in [6.07, 6.45) is 8.02. The van der Waals surface area contributed by atoms with Gasteiger partial charge in [0.05, 0.1) is 11.6 Å². The lowest BCUT2D eigenvalue weighted by Gasteiger charge is -2.18. The highest BCUT2D eigenvalue weighted by Crippen LogP contribution is 2.37. The number of benzene rings is 2. The predicted octanol–water partition coefficient (Wildman–Crippen LogP) is 6.16. The van der Waals surface area contributed by atoms with E-state index in [-0.39, 0.29) is 0 Å². The van der Waals surface area contributed by atoms with Gasteiger partial charge in [-0.2, -0.15) is 0 Å². The molecule has 1 aliphatic carbocycles. The van der Waals surface area contributed by atoms with Gasteiger partial charge in [0.15, 0.2) is 11.5 Å². The summed E-state index contributed by atoms with van der Waals surface area (Å²) in [5.41, 5.74) is 3.63. The number of halogens is 1. The molecule has 27 heavy (non-hydrogen) atoms. The van der Waals surface area contributed by atoms with Crippen LogP contribution in [0.5, 0.6) is 11.5 Å². The van der Waals surface area contributed by atoms with Crippen molar-refractivity contribution in [2.24, 2.45) is 0 Å². The van der Waals surface area contributed by atoms with Crippen molar-refractivity contribution < 1.29 is 9.47 Å². The van der Waals surface area contributed by atoms with Gasteiger partial charge in [0.25, 0.3) is 0 Å². The Morgan fingerprint density at radius 1 is 1.07 bits per heavy atom. The van der Waals surface area contributed by atoms with Crippen LogP contribution in [0.4, 0.5) is 0 Å². The molecule has 2 aromatic rings. The number of hydrogen-bond acceptors (Lipinski definition) is 3. The van der Waals surface area contributed by atoms with E-state index < -0.39 is 0 Å². The Labute approximate surface area is 171 Å². The zero-order valence-corrected chi connectivity index (χ0v) is 18.0. The average Bonchev–Trinajstić information content (AvgIpc) is 2.95. The molecule has 0 atom stereocenters. The first-order valence-corrected chi connectivity index (χ1v) is 10.7. The number of ether oxygens (including phenoxy) is 2. The Bertz CT molecular complexity index is 739. The first-order chi connectivity index (χ1) is 13.2. The summed E-state index contributed by atoms with van der Waals surface area (Å²) in [5.74, 6) is 1.54.